The van der Waals surface area contributed by atoms with Crippen molar-refractivity contribution in [1.29, 1.82) is 0 Å². The summed E-state index contributed by atoms with van der Waals surface area (Å²) < 4.78 is 13.4. The Bertz CT molecular complexity index is 432. The molecule has 1 saturated heterocycles. The van der Waals surface area contributed by atoms with Crippen molar-refractivity contribution in [1.82, 2.24) is 15.2 Å². The number of rotatable bonds is 4. The second-order valence-corrected chi connectivity index (χ2v) is 5.09. The van der Waals surface area contributed by atoms with Crippen molar-refractivity contribution in [3.8, 4) is 0 Å². The van der Waals surface area contributed by atoms with E-state index in [4.69, 9.17) is 0 Å². The summed E-state index contributed by atoms with van der Waals surface area (Å²) in [6.45, 7) is 4.94. The van der Waals surface area contributed by atoms with Crippen molar-refractivity contribution in [3.05, 3.63) is 29.8 Å². The van der Waals surface area contributed by atoms with E-state index < -0.39 is 5.82 Å². The van der Waals surface area contributed by atoms with E-state index in [-0.39, 0.29) is 17.5 Å². The summed E-state index contributed by atoms with van der Waals surface area (Å²) in [6, 6.07) is 1.41. The third-order valence-corrected chi connectivity index (χ3v) is 3.38. The van der Waals surface area contributed by atoms with Gasteiger partial charge in [0.1, 0.15) is 0 Å². The van der Waals surface area contributed by atoms with Gasteiger partial charge in [-0.3, -0.25) is 9.78 Å². The Kier molecular flexibility index (Phi) is 4.85. The molecule has 0 aromatic carbocycles. The average molecular weight is 265 g/mol. The maximum atomic E-state index is 13.4. The average Bonchev–Trinajstić information content (AvgIpc) is 2.40. The van der Waals surface area contributed by atoms with Gasteiger partial charge in [-0.15, -0.1) is 0 Å². The van der Waals surface area contributed by atoms with E-state index in [1.165, 1.54) is 31.5 Å². The molecular formula is C14H20FN3O. The number of piperidine rings is 1. The van der Waals surface area contributed by atoms with Crippen molar-refractivity contribution in [2.24, 2.45) is 0 Å². The number of pyridine rings is 1. The number of carbonyl (C=O) groups is 1. The summed E-state index contributed by atoms with van der Waals surface area (Å²) in [5.41, 5.74) is 0.0560. The molecule has 1 N–H and O–H groups in total. The topological polar surface area (TPSA) is 45.2 Å². The number of carbonyl (C=O) groups excluding carboxylic acids is 1. The largest absolute Gasteiger partial charge is 0.348 e. The second-order valence-electron chi connectivity index (χ2n) is 5.09. The summed E-state index contributed by atoms with van der Waals surface area (Å²) >= 11 is 0. The number of amides is 1. The van der Waals surface area contributed by atoms with E-state index in [9.17, 15) is 9.18 Å². The minimum atomic E-state index is -0.579. The summed E-state index contributed by atoms with van der Waals surface area (Å²) in [5, 5.41) is 2.84. The number of halogens is 1. The van der Waals surface area contributed by atoms with Gasteiger partial charge in [-0.25, -0.2) is 4.39 Å². The van der Waals surface area contributed by atoms with Gasteiger partial charge < -0.3 is 10.2 Å². The molecule has 1 atom stereocenters. The second kappa shape index (κ2) is 6.61. The lowest BCUT2D eigenvalue weighted by Gasteiger charge is -2.29. The first-order chi connectivity index (χ1) is 9.16. The Labute approximate surface area is 113 Å². The summed E-state index contributed by atoms with van der Waals surface area (Å²) in [7, 11) is 0. The molecule has 0 bridgehead atoms. The molecule has 0 aliphatic carbocycles. The molecule has 1 aromatic rings. The highest BCUT2D eigenvalue weighted by Crippen LogP contribution is 2.09. The van der Waals surface area contributed by atoms with Crippen LogP contribution in [-0.4, -0.2) is 41.5 Å². The van der Waals surface area contributed by atoms with E-state index >= 15 is 0 Å². The zero-order chi connectivity index (χ0) is 13.7. The van der Waals surface area contributed by atoms with Crippen molar-refractivity contribution in [2.45, 2.75) is 32.2 Å². The molecule has 1 fully saturated rings. The van der Waals surface area contributed by atoms with Crippen LogP contribution in [0.2, 0.25) is 0 Å². The van der Waals surface area contributed by atoms with Crippen LogP contribution in [-0.2, 0) is 0 Å². The highest BCUT2D eigenvalue weighted by molar-refractivity contribution is 5.94. The van der Waals surface area contributed by atoms with E-state index in [1.54, 1.807) is 0 Å². The van der Waals surface area contributed by atoms with Crippen LogP contribution in [0, 0.1) is 5.82 Å². The van der Waals surface area contributed by atoms with E-state index in [0.29, 0.717) is 0 Å². The monoisotopic (exact) mass is 265 g/mol. The van der Waals surface area contributed by atoms with Crippen LogP contribution in [0.3, 0.4) is 0 Å². The Balaban J connectivity index is 1.86. The van der Waals surface area contributed by atoms with Crippen LogP contribution in [0.1, 0.15) is 36.5 Å². The molecule has 104 valence electrons. The Hall–Kier alpha value is -1.49. The number of aromatic nitrogens is 1. The Morgan fingerprint density at radius 3 is 2.89 bits per heavy atom. The van der Waals surface area contributed by atoms with E-state index in [0.717, 1.165) is 25.8 Å². The first-order valence-corrected chi connectivity index (χ1v) is 6.79. The quantitative estimate of drug-likeness (QED) is 0.903. The highest BCUT2D eigenvalue weighted by atomic mass is 19.1. The van der Waals surface area contributed by atoms with Crippen molar-refractivity contribution < 1.29 is 9.18 Å². The molecule has 4 nitrogen and oxygen atoms in total. The molecule has 1 aliphatic heterocycles. The predicted molar refractivity (Wildman–Crippen MR) is 71.4 cm³/mol. The molecule has 2 heterocycles. The Morgan fingerprint density at radius 1 is 1.47 bits per heavy atom. The SMILES string of the molecule is CC(CN1CCCCC1)NC(=O)c1ccncc1F. The van der Waals surface area contributed by atoms with Gasteiger partial charge in [-0.1, -0.05) is 6.42 Å². The first kappa shape index (κ1) is 13.9. The summed E-state index contributed by atoms with van der Waals surface area (Å²) in [6.07, 6.45) is 6.22. The molecule has 1 aromatic heterocycles. The van der Waals surface area contributed by atoms with Crippen molar-refractivity contribution in [2.75, 3.05) is 19.6 Å². The maximum absolute atomic E-state index is 13.4. The molecule has 19 heavy (non-hydrogen) atoms. The zero-order valence-corrected chi connectivity index (χ0v) is 11.2. The van der Waals surface area contributed by atoms with Gasteiger partial charge >= 0.3 is 0 Å². The Morgan fingerprint density at radius 2 is 2.21 bits per heavy atom. The fourth-order valence-electron chi connectivity index (χ4n) is 2.44. The van der Waals surface area contributed by atoms with Crippen molar-refractivity contribution >= 4 is 5.91 Å². The van der Waals surface area contributed by atoms with Gasteiger partial charge in [0, 0.05) is 18.8 Å². The third kappa shape index (κ3) is 3.99. The van der Waals surface area contributed by atoms with Crippen LogP contribution in [0.25, 0.3) is 0 Å². The molecule has 2 rings (SSSR count). The maximum Gasteiger partial charge on any atom is 0.254 e. The smallest absolute Gasteiger partial charge is 0.254 e. The number of likely N-dealkylation sites (tertiary alicyclic amines) is 1. The number of nitrogens with zero attached hydrogens (tertiary/aromatic N) is 2. The van der Waals surface area contributed by atoms with Gasteiger partial charge in [0.25, 0.3) is 5.91 Å². The standard InChI is InChI=1S/C14H20FN3O/c1-11(10-18-7-3-2-4-8-18)17-14(19)12-5-6-16-9-13(12)15/h5-6,9,11H,2-4,7-8,10H2,1H3,(H,17,19). The molecule has 1 amide bonds. The molecule has 1 unspecified atom stereocenters. The van der Waals surface area contributed by atoms with Gasteiger partial charge in [0.05, 0.1) is 11.8 Å². The minimum absolute atomic E-state index is 0.0122. The highest BCUT2D eigenvalue weighted by Gasteiger charge is 2.17. The van der Waals surface area contributed by atoms with Crippen LogP contribution in [0.5, 0.6) is 0 Å². The van der Waals surface area contributed by atoms with Gasteiger partial charge in [-0.05, 0) is 38.9 Å². The van der Waals surface area contributed by atoms with Gasteiger partial charge in [0.15, 0.2) is 5.82 Å². The number of nitrogens with one attached hydrogen (secondary N) is 1. The fraction of sp³-hybridized carbons (Fsp3) is 0.571. The van der Waals surface area contributed by atoms with Crippen LogP contribution >= 0.6 is 0 Å². The van der Waals surface area contributed by atoms with Gasteiger partial charge in [-0.2, -0.15) is 0 Å². The van der Waals surface area contributed by atoms with E-state index in [2.05, 4.69) is 15.2 Å². The molecule has 0 spiro atoms. The molecule has 1 aliphatic rings. The normalized spacial score (nSPS) is 18.0. The summed E-state index contributed by atoms with van der Waals surface area (Å²) in [5.74, 6) is -0.949. The van der Waals surface area contributed by atoms with Crippen LogP contribution in [0.4, 0.5) is 4.39 Å². The molecular weight excluding hydrogens is 245 g/mol. The fourth-order valence-corrected chi connectivity index (χ4v) is 2.44. The predicted octanol–water partition coefficient (Wildman–Crippen LogP) is 1.82. The number of hydrogen-bond donors (Lipinski definition) is 1. The molecule has 0 radical (unpaired) electrons. The zero-order valence-electron chi connectivity index (χ0n) is 11.2. The van der Waals surface area contributed by atoms with Crippen LogP contribution < -0.4 is 5.32 Å². The van der Waals surface area contributed by atoms with Crippen LogP contribution in [0.15, 0.2) is 18.5 Å². The molecule has 0 saturated carbocycles. The first-order valence-electron chi connectivity index (χ1n) is 6.79. The lowest BCUT2D eigenvalue weighted by atomic mass is 10.1. The molecule has 5 heteroatoms. The summed E-state index contributed by atoms with van der Waals surface area (Å²) in [4.78, 5) is 17.9. The van der Waals surface area contributed by atoms with E-state index in [1.807, 2.05) is 6.92 Å². The van der Waals surface area contributed by atoms with Gasteiger partial charge in [0.2, 0.25) is 0 Å². The lowest BCUT2D eigenvalue weighted by molar-refractivity contribution is 0.0921. The lowest BCUT2D eigenvalue weighted by Crippen LogP contribution is -2.43. The minimum Gasteiger partial charge on any atom is -0.348 e. The van der Waals surface area contributed by atoms with Crippen molar-refractivity contribution in [3.63, 3.8) is 0 Å². The number of hydrogen-bond acceptors (Lipinski definition) is 3. The third-order valence-electron chi connectivity index (χ3n) is 3.38.